The van der Waals surface area contributed by atoms with Crippen LogP contribution in [0.1, 0.15) is 34.2 Å². The molecule has 1 aliphatic heterocycles. The maximum Gasteiger partial charge on any atom is 0.355 e. The number of esters is 1. The Morgan fingerprint density at radius 1 is 1.13 bits per heavy atom. The zero-order valence-corrected chi connectivity index (χ0v) is 19.6. The minimum atomic E-state index is -3.75. The molecule has 0 bridgehead atoms. The van der Waals surface area contributed by atoms with Crippen molar-refractivity contribution in [2.24, 2.45) is 7.05 Å². The van der Waals surface area contributed by atoms with Gasteiger partial charge in [-0.2, -0.15) is 4.31 Å². The van der Waals surface area contributed by atoms with E-state index in [0.717, 1.165) is 11.3 Å². The number of ether oxygens (including phenoxy) is 1. The van der Waals surface area contributed by atoms with Gasteiger partial charge < -0.3 is 14.2 Å². The van der Waals surface area contributed by atoms with E-state index in [1.165, 1.54) is 4.31 Å². The predicted molar refractivity (Wildman–Crippen MR) is 118 cm³/mol. The molecular formula is C21H28ClN3O4S. The Morgan fingerprint density at radius 3 is 2.37 bits per heavy atom. The summed E-state index contributed by atoms with van der Waals surface area (Å²) in [7, 11) is -2.06. The maximum absolute atomic E-state index is 13.5. The fourth-order valence-corrected chi connectivity index (χ4v) is 6.10. The number of anilines is 1. The third-order valence-electron chi connectivity index (χ3n) is 5.68. The van der Waals surface area contributed by atoms with E-state index in [1.54, 1.807) is 32.4 Å². The van der Waals surface area contributed by atoms with Crippen molar-refractivity contribution in [1.82, 2.24) is 8.87 Å². The molecule has 0 unspecified atom stereocenters. The molecule has 1 aromatic carbocycles. The summed E-state index contributed by atoms with van der Waals surface area (Å²) in [6, 6.07) is 5.73. The Hall–Kier alpha value is -2.03. The van der Waals surface area contributed by atoms with Crippen LogP contribution in [0.4, 0.5) is 5.69 Å². The van der Waals surface area contributed by atoms with Crippen molar-refractivity contribution in [3.05, 3.63) is 45.7 Å². The molecule has 164 valence electrons. The number of hydrogen-bond acceptors (Lipinski definition) is 5. The number of aryl methyl sites for hydroxylation is 1. The number of piperazine rings is 1. The topological polar surface area (TPSA) is 71.8 Å². The van der Waals surface area contributed by atoms with Crippen molar-refractivity contribution >= 4 is 33.3 Å². The lowest BCUT2D eigenvalue weighted by Gasteiger charge is -2.36. The average molecular weight is 454 g/mol. The Kier molecular flexibility index (Phi) is 6.50. The number of sulfonamides is 1. The van der Waals surface area contributed by atoms with E-state index in [0.29, 0.717) is 42.5 Å². The molecule has 0 radical (unpaired) electrons. The van der Waals surface area contributed by atoms with Gasteiger partial charge in [0.2, 0.25) is 10.0 Å². The van der Waals surface area contributed by atoms with Gasteiger partial charge in [-0.05, 0) is 45.4 Å². The molecule has 0 saturated carbocycles. The fraction of sp³-hybridized carbons (Fsp3) is 0.476. The zero-order valence-electron chi connectivity index (χ0n) is 18.0. The highest BCUT2D eigenvalue weighted by molar-refractivity contribution is 7.89. The number of benzene rings is 1. The van der Waals surface area contributed by atoms with Crippen LogP contribution in [0.25, 0.3) is 0 Å². The molecule has 7 nitrogen and oxygen atoms in total. The van der Waals surface area contributed by atoms with Crippen LogP contribution in [0.15, 0.2) is 23.1 Å². The van der Waals surface area contributed by atoms with Gasteiger partial charge in [0.1, 0.15) is 10.6 Å². The highest BCUT2D eigenvalue weighted by Gasteiger charge is 2.35. The highest BCUT2D eigenvalue weighted by Crippen LogP contribution is 2.31. The molecule has 1 aromatic heterocycles. The minimum Gasteiger partial charge on any atom is -0.461 e. The molecule has 0 spiro atoms. The normalized spacial score (nSPS) is 15.5. The minimum absolute atomic E-state index is 0.195. The van der Waals surface area contributed by atoms with Gasteiger partial charge in [0.15, 0.2) is 0 Å². The Balaban J connectivity index is 1.87. The zero-order chi connectivity index (χ0) is 22.2. The summed E-state index contributed by atoms with van der Waals surface area (Å²) >= 11 is 6.14. The van der Waals surface area contributed by atoms with Gasteiger partial charge in [0.05, 0.1) is 6.61 Å². The molecule has 1 saturated heterocycles. The van der Waals surface area contributed by atoms with Gasteiger partial charge in [0.25, 0.3) is 0 Å². The number of halogens is 1. The van der Waals surface area contributed by atoms with E-state index >= 15 is 0 Å². The van der Waals surface area contributed by atoms with Gasteiger partial charge >= 0.3 is 5.97 Å². The van der Waals surface area contributed by atoms with Crippen molar-refractivity contribution in [1.29, 1.82) is 0 Å². The van der Waals surface area contributed by atoms with E-state index in [1.807, 2.05) is 25.1 Å². The quantitative estimate of drug-likeness (QED) is 0.649. The average Bonchev–Trinajstić information content (AvgIpc) is 2.93. The first-order valence-corrected chi connectivity index (χ1v) is 11.8. The van der Waals surface area contributed by atoms with Crippen LogP contribution in [0, 0.1) is 20.8 Å². The molecule has 0 aliphatic carbocycles. The molecule has 1 aliphatic rings. The van der Waals surface area contributed by atoms with Crippen molar-refractivity contribution in [3.63, 3.8) is 0 Å². The molecule has 0 N–H and O–H groups in total. The number of nitrogens with zero attached hydrogens (tertiary/aromatic N) is 3. The van der Waals surface area contributed by atoms with Gasteiger partial charge in [-0.3, -0.25) is 0 Å². The second kappa shape index (κ2) is 8.61. The monoisotopic (exact) mass is 453 g/mol. The molecule has 9 heteroatoms. The number of carbonyl (C=O) groups excluding carboxylic acids is 1. The van der Waals surface area contributed by atoms with Crippen LogP contribution in [0.2, 0.25) is 5.02 Å². The van der Waals surface area contributed by atoms with E-state index in [-0.39, 0.29) is 17.2 Å². The largest absolute Gasteiger partial charge is 0.461 e. The summed E-state index contributed by atoms with van der Waals surface area (Å²) in [6.07, 6.45) is 0. The Morgan fingerprint density at radius 2 is 1.77 bits per heavy atom. The van der Waals surface area contributed by atoms with Crippen molar-refractivity contribution in [2.75, 3.05) is 37.7 Å². The van der Waals surface area contributed by atoms with E-state index in [4.69, 9.17) is 16.3 Å². The van der Waals surface area contributed by atoms with E-state index in [9.17, 15) is 13.2 Å². The summed E-state index contributed by atoms with van der Waals surface area (Å²) in [5.41, 5.74) is 3.37. The van der Waals surface area contributed by atoms with E-state index in [2.05, 4.69) is 4.90 Å². The molecule has 0 amide bonds. The smallest absolute Gasteiger partial charge is 0.355 e. The summed E-state index contributed by atoms with van der Waals surface area (Å²) in [6.45, 7) is 9.20. The maximum atomic E-state index is 13.5. The number of rotatable bonds is 5. The molecule has 2 aromatic rings. The summed E-state index contributed by atoms with van der Waals surface area (Å²) in [5, 5.41) is 0.660. The standard InChI is InChI=1S/C21H28ClN3O4S/c1-6-29-21(26)19-15(3)20(16(4)23(19)5)30(27,28)25-11-9-24(10-12-25)18-13-17(22)8-7-14(18)2/h7-8,13H,6,9-12H2,1-5H3. The molecule has 3 rings (SSSR count). The SMILES string of the molecule is CCOC(=O)c1c(C)c(S(=O)(=O)N2CCN(c3cc(Cl)ccc3C)CC2)c(C)n1C. The predicted octanol–water partition coefficient (Wildman–Crippen LogP) is 3.29. The summed E-state index contributed by atoms with van der Waals surface area (Å²) < 4.78 is 35.1. The first kappa shape index (κ1) is 22.7. The van der Waals surface area contributed by atoms with Crippen LogP contribution in [0.5, 0.6) is 0 Å². The first-order chi connectivity index (χ1) is 14.1. The first-order valence-electron chi connectivity index (χ1n) is 9.93. The number of carbonyl (C=O) groups is 1. The molecule has 1 fully saturated rings. The summed E-state index contributed by atoms with van der Waals surface area (Å²) in [4.78, 5) is 14.7. The van der Waals surface area contributed by atoms with Crippen molar-refractivity contribution in [3.8, 4) is 0 Å². The number of hydrogen-bond donors (Lipinski definition) is 0. The van der Waals surface area contributed by atoms with Gasteiger partial charge in [-0.15, -0.1) is 0 Å². The van der Waals surface area contributed by atoms with Crippen molar-refractivity contribution < 1.29 is 17.9 Å². The third kappa shape index (κ3) is 3.96. The van der Waals surface area contributed by atoms with Crippen LogP contribution in [-0.4, -0.2) is 56.0 Å². The lowest BCUT2D eigenvalue weighted by molar-refractivity contribution is 0.0514. The molecule has 30 heavy (non-hydrogen) atoms. The summed E-state index contributed by atoms with van der Waals surface area (Å²) in [5.74, 6) is -0.511. The molecule has 0 atom stereocenters. The van der Waals surface area contributed by atoms with Gasteiger partial charge in [-0.1, -0.05) is 17.7 Å². The van der Waals surface area contributed by atoms with Crippen LogP contribution in [0.3, 0.4) is 0 Å². The van der Waals surface area contributed by atoms with Gasteiger partial charge in [0, 0.05) is 55.2 Å². The number of aromatic nitrogens is 1. The lowest BCUT2D eigenvalue weighted by Crippen LogP contribution is -2.49. The van der Waals surface area contributed by atoms with Crippen LogP contribution < -0.4 is 4.90 Å². The lowest BCUT2D eigenvalue weighted by atomic mass is 10.1. The van der Waals surface area contributed by atoms with E-state index < -0.39 is 16.0 Å². The Bertz CT molecular complexity index is 1070. The fourth-order valence-electron chi connectivity index (χ4n) is 4.04. The molecular weight excluding hydrogens is 426 g/mol. The van der Waals surface area contributed by atoms with Crippen LogP contribution in [-0.2, 0) is 21.8 Å². The Labute approximate surface area is 183 Å². The second-order valence-corrected chi connectivity index (χ2v) is 9.80. The van der Waals surface area contributed by atoms with Crippen LogP contribution >= 0.6 is 11.6 Å². The molecule has 2 heterocycles. The van der Waals surface area contributed by atoms with Gasteiger partial charge in [-0.25, -0.2) is 13.2 Å². The highest BCUT2D eigenvalue weighted by atomic mass is 35.5. The second-order valence-electron chi connectivity index (χ2n) is 7.49. The van der Waals surface area contributed by atoms with Crippen molar-refractivity contribution in [2.45, 2.75) is 32.6 Å². The third-order valence-corrected chi connectivity index (χ3v) is 8.08.